The molecule has 7 heteroatoms. The second kappa shape index (κ2) is 10.2. The van der Waals surface area contributed by atoms with E-state index in [9.17, 15) is 4.79 Å². The number of hydrogen-bond donors (Lipinski definition) is 0. The van der Waals surface area contributed by atoms with E-state index in [1.165, 1.54) is 0 Å². The zero-order valence-corrected chi connectivity index (χ0v) is 21.0. The molecule has 0 spiro atoms. The van der Waals surface area contributed by atoms with Crippen molar-refractivity contribution >= 4 is 29.1 Å². The Morgan fingerprint density at radius 2 is 1.43 bits per heavy atom. The lowest BCUT2D eigenvalue weighted by Gasteiger charge is -2.35. The molecule has 1 fully saturated rings. The molecule has 0 N–H and O–H groups in total. The molecule has 0 radical (unpaired) electrons. The lowest BCUT2D eigenvalue weighted by Crippen LogP contribution is -2.48. The Labute approximate surface area is 215 Å². The first-order chi connectivity index (χ1) is 17.0. The number of benzene rings is 3. The molecule has 1 aliphatic rings. The zero-order chi connectivity index (χ0) is 24.4. The van der Waals surface area contributed by atoms with Crippen molar-refractivity contribution in [3.8, 4) is 16.9 Å². The van der Waals surface area contributed by atoms with Gasteiger partial charge >= 0.3 is 0 Å². The molecule has 5 rings (SSSR count). The fraction of sp³-hybridized carbons (Fsp3) is 0.214. The molecule has 0 bridgehead atoms. The maximum atomic E-state index is 13.8. The smallest absolute Gasteiger partial charge is 0.258 e. The third-order valence-electron chi connectivity index (χ3n) is 6.48. The van der Waals surface area contributed by atoms with Gasteiger partial charge < -0.3 is 4.90 Å². The van der Waals surface area contributed by atoms with Gasteiger partial charge in [0.05, 0.1) is 16.9 Å². The molecule has 1 amide bonds. The number of rotatable bonds is 5. The van der Waals surface area contributed by atoms with Crippen LogP contribution in [0.3, 0.4) is 0 Å². The predicted octanol–water partition coefficient (Wildman–Crippen LogP) is 6.11. The van der Waals surface area contributed by atoms with Crippen molar-refractivity contribution in [2.45, 2.75) is 13.5 Å². The molecule has 1 saturated heterocycles. The van der Waals surface area contributed by atoms with Crippen molar-refractivity contribution < 1.29 is 4.79 Å². The van der Waals surface area contributed by atoms with Gasteiger partial charge in [0, 0.05) is 53.9 Å². The molecule has 0 aliphatic carbocycles. The Hall–Kier alpha value is -3.12. The van der Waals surface area contributed by atoms with Crippen molar-refractivity contribution in [2.24, 2.45) is 0 Å². The molecule has 178 valence electrons. The summed E-state index contributed by atoms with van der Waals surface area (Å²) in [6.07, 6.45) is 0. The number of piperazine rings is 1. The molecular formula is C28H26Cl2N4O. The quantitative estimate of drug-likeness (QED) is 0.329. The van der Waals surface area contributed by atoms with E-state index < -0.39 is 0 Å². The highest BCUT2D eigenvalue weighted by atomic mass is 35.5. The lowest BCUT2D eigenvalue weighted by atomic mass is 10.0. The normalized spacial score (nSPS) is 14.3. The monoisotopic (exact) mass is 504 g/mol. The van der Waals surface area contributed by atoms with Gasteiger partial charge in [-0.05, 0) is 31.2 Å². The predicted molar refractivity (Wildman–Crippen MR) is 141 cm³/mol. The second-order valence-electron chi connectivity index (χ2n) is 8.69. The molecule has 3 aromatic carbocycles. The lowest BCUT2D eigenvalue weighted by molar-refractivity contribution is 0.0628. The van der Waals surface area contributed by atoms with Crippen LogP contribution in [0, 0.1) is 6.92 Å². The molecule has 0 saturated carbocycles. The van der Waals surface area contributed by atoms with E-state index in [2.05, 4.69) is 4.90 Å². The highest BCUT2D eigenvalue weighted by Gasteiger charge is 2.29. The van der Waals surface area contributed by atoms with Crippen molar-refractivity contribution in [3.05, 3.63) is 106 Å². The summed E-state index contributed by atoms with van der Waals surface area (Å²) in [7, 11) is 0. The SMILES string of the molecule is Cc1c(C(=O)N2CCN(Cc3c(Cl)cccc3Cl)CC2)c(-c2ccccc2)nn1-c1ccccc1. The van der Waals surface area contributed by atoms with Gasteiger partial charge in [-0.3, -0.25) is 9.69 Å². The largest absolute Gasteiger partial charge is 0.336 e. The summed E-state index contributed by atoms with van der Waals surface area (Å²) >= 11 is 12.7. The fourth-order valence-corrected chi connectivity index (χ4v) is 5.07. The van der Waals surface area contributed by atoms with Gasteiger partial charge in [-0.25, -0.2) is 4.68 Å². The fourth-order valence-electron chi connectivity index (χ4n) is 4.55. The highest BCUT2D eigenvalue weighted by molar-refractivity contribution is 6.35. The number of aromatic nitrogens is 2. The van der Waals surface area contributed by atoms with E-state index in [0.29, 0.717) is 40.9 Å². The minimum absolute atomic E-state index is 0.0129. The van der Waals surface area contributed by atoms with E-state index in [4.69, 9.17) is 28.3 Å². The molecule has 5 nitrogen and oxygen atoms in total. The van der Waals surface area contributed by atoms with Crippen molar-refractivity contribution in [3.63, 3.8) is 0 Å². The number of amides is 1. The van der Waals surface area contributed by atoms with Crippen LogP contribution in [-0.4, -0.2) is 51.7 Å². The molecule has 0 atom stereocenters. The Morgan fingerprint density at radius 1 is 0.829 bits per heavy atom. The standard InChI is InChI=1S/C28H26Cl2N4O/c1-20-26(27(21-9-4-2-5-10-21)31-34(20)22-11-6-3-7-12-22)28(35)33-17-15-32(16-18-33)19-23-24(29)13-8-14-25(23)30/h2-14H,15-19H2,1H3. The molecule has 4 aromatic rings. The van der Waals surface area contributed by atoms with Crippen molar-refractivity contribution in [1.29, 1.82) is 0 Å². The van der Waals surface area contributed by atoms with Crippen molar-refractivity contribution in [2.75, 3.05) is 26.2 Å². The van der Waals surface area contributed by atoms with Crippen LogP contribution in [0.1, 0.15) is 21.6 Å². The molecule has 1 aliphatic heterocycles. The molecular weight excluding hydrogens is 479 g/mol. The van der Waals surface area contributed by atoms with Crippen LogP contribution < -0.4 is 0 Å². The minimum Gasteiger partial charge on any atom is -0.336 e. The third-order valence-corrected chi connectivity index (χ3v) is 7.19. The number of nitrogens with zero attached hydrogens (tertiary/aromatic N) is 4. The van der Waals surface area contributed by atoms with E-state index >= 15 is 0 Å². The number of para-hydroxylation sites is 1. The van der Waals surface area contributed by atoms with Gasteiger partial charge in [0.2, 0.25) is 0 Å². The maximum Gasteiger partial charge on any atom is 0.258 e. The summed E-state index contributed by atoms with van der Waals surface area (Å²) < 4.78 is 1.87. The maximum absolute atomic E-state index is 13.8. The topological polar surface area (TPSA) is 41.4 Å². The Bertz CT molecular complexity index is 1310. The summed E-state index contributed by atoms with van der Waals surface area (Å²) in [5.74, 6) is 0.0129. The number of carbonyl (C=O) groups is 1. The van der Waals surface area contributed by atoms with Crippen LogP contribution >= 0.6 is 23.2 Å². The first-order valence-electron chi connectivity index (χ1n) is 11.7. The third kappa shape index (κ3) is 4.85. The molecule has 0 unspecified atom stereocenters. The van der Waals surface area contributed by atoms with Gasteiger partial charge in [0.15, 0.2) is 0 Å². The molecule has 35 heavy (non-hydrogen) atoms. The van der Waals surface area contributed by atoms with Crippen molar-refractivity contribution in [1.82, 2.24) is 19.6 Å². The first kappa shape index (κ1) is 23.6. The van der Waals surface area contributed by atoms with Gasteiger partial charge in [-0.1, -0.05) is 77.8 Å². The van der Waals surface area contributed by atoms with E-state index in [1.54, 1.807) is 0 Å². The van der Waals surface area contributed by atoms with Crippen LogP contribution in [0.2, 0.25) is 10.0 Å². The summed E-state index contributed by atoms with van der Waals surface area (Å²) in [6.45, 7) is 5.39. The van der Waals surface area contributed by atoms with E-state index in [0.717, 1.165) is 35.6 Å². The van der Waals surface area contributed by atoms with Crippen LogP contribution in [0.25, 0.3) is 16.9 Å². The average molecular weight is 505 g/mol. The van der Waals surface area contributed by atoms with Crippen LogP contribution in [-0.2, 0) is 6.54 Å². The Kier molecular flexibility index (Phi) is 6.91. The second-order valence-corrected chi connectivity index (χ2v) is 9.51. The highest BCUT2D eigenvalue weighted by Crippen LogP contribution is 2.30. The number of carbonyl (C=O) groups excluding carboxylic acids is 1. The summed E-state index contributed by atoms with van der Waals surface area (Å²) in [5.41, 5.74) is 5.00. The molecule has 2 heterocycles. The Balaban J connectivity index is 1.40. The van der Waals surface area contributed by atoms with Gasteiger partial charge in [0.25, 0.3) is 5.91 Å². The summed E-state index contributed by atoms with van der Waals surface area (Å²) in [4.78, 5) is 18.1. The van der Waals surface area contributed by atoms with Crippen LogP contribution in [0.15, 0.2) is 78.9 Å². The van der Waals surface area contributed by atoms with Crippen LogP contribution in [0.4, 0.5) is 0 Å². The Morgan fingerprint density at radius 3 is 2.06 bits per heavy atom. The zero-order valence-electron chi connectivity index (χ0n) is 19.5. The number of hydrogen-bond acceptors (Lipinski definition) is 3. The summed E-state index contributed by atoms with van der Waals surface area (Å²) in [5, 5.41) is 6.23. The minimum atomic E-state index is 0.0129. The average Bonchev–Trinajstić information content (AvgIpc) is 3.24. The first-order valence-corrected chi connectivity index (χ1v) is 12.4. The summed E-state index contributed by atoms with van der Waals surface area (Å²) in [6, 6.07) is 25.4. The van der Waals surface area contributed by atoms with Gasteiger partial charge in [-0.15, -0.1) is 0 Å². The van der Waals surface area contributed by atoms with Crippen LogP contribution in [0.5, 0.6) is 0 Å². The van der Waals surface area contributed by atoms with E-state index in [-0.39, 0.29) is 5.91 Å². The number of halogens is 2. The molecule has 1 aromatic heterocycles. The van der Waals surface area contributed by atoms with E-state index in [1.807, 2.05) is 95.4 Å². The van der Waals surface area contributed by atoms with Gasteiger partial charge in [-0.2, -0.15) is 5.10 Å². The van der Waals surface area contributed by atoms with Gasteiger partial charge in [0.1, 0.15) is 5.69 Å².